The van der Waals surface area contributed by atoms with Gasteiger partial charge < -0.3 is 4.42 Å². The van der Waals surface area contributed by atoms with Gasteiger partial charge in [0.2, 0.25) is 11.8 Å². The van der Waals surface area contributed by atoms with Crippen LogP contribution in [-0.4, -0.2) is 40.1 Å². The topological polar surface area (TPSA) is 45.4 Å². The van der Waals surface area contributed by atoms with Gasteiger partial charge in [-0.2, -0.15) is 0 Å². The lowest BCUT2D eigenvalue weighted by Crippen LogP contribution is -2.28. The fourth-order valence-corrected chi connectivity index (χ4v) is 4.03. The Hall–Kier alpha value is -1.24. The lowest BCUT2D eigenvalue weighted by atomic mass is 10.1. The number of thiophene rings is 1. The van der Waals surface area contributed by atoms with Gasteiger partial charge in [0.25, 0.3) is 0 Å². The first kappa shape index (κ1) is 15.6. The van der Waals surface area contributed by atoms with Gasteiger partial charge in [-0.15, -0.1) is 21.5 Å². The molecule has 0 bridgehead atoms. The molecule has 1 saturated heterocycles. The van der Waals surface area contributed by atoms with E-state index in [9.17, 15) is 0 Å². The maximum absolute atomic E-state index is 5.43. The zero-order valence-corrected chi connectivity index (χ0v) is 14.2. The van der Waals surface area contributed by atoms with Crippen molar-refractivity contribution >= 4 is 11.3 Å². The predicted molar refractivity (Wildman–Crippen MR) is 87.7 cm³/mol. The third-order valence-electron chi connectivity index (χ3n) is 3.94. The lowest BCUT2D eigenvalue weighted by molar-refractivity contribution is 0.222. The molecule has 120 valence electrons. The summed E-state index contributed by atoms with van der Waals surface area (Å²) in [5.41, 5.74) is 0. The number of aromatic nitrogens is 2. The molecule has 0 radical (unpaired) electrons. The minimum atomic E-state index is 0.628. The largest absolute Gasteiger partial charge is 0.424 e. The first-order valence-corrected chi connectivity index (χ1v) is 8.78. The molecule has 1 fully saturated rings. The van der Waals surface area contributed by atoms with E-state index in [1.54, 1.807) is 0 Å². The van der Waals surface area contributed by atoms with Gasteiger partial charge in [0.1, 0.15) is 0 Å². The van der Waals surface area contributed by atoms with Crippen molar-refractivity contribution in [1.29, 1.82) is 0 Å². The fraction of sp³-hybridized carbons (Fsp3) is 0.625. The molecular weight excluding hydrogens is 296 g/mol. The predicted octanol–water partition coefficient (Wildman–Crippen LogP) is 3.06. The Labute approximate surface area is 135 Å². The quantitative estimate of drug-likeness (QED) is 0.818. The normalized spacial score (nSPS) is 16.5. The maximum Gasteiger partial charge on any atom is 0.230 e. The van der Waals surface area contributed by atoms with Crippen molar-refractivity contribution in [3.63, 3.8) is 0 Å². The van der Waals surface area contributed by atoms with Crippen LogP contribution in [0.15, 0.2) is 16.5 Å². The molecule has 2 aromatic heterocycles. The molecule has 0 N–H and O–H groups in total. The van der Waals surface area contributed by atoms with Crippen LogP contribution in [0.1, 0.15) is 40.8 Å². The van der Waals surface area contributed by atoms with Crippen LogP contribution < -0.4 is 0 Å². The summed E-state index contributed by atoms with van der Waals surface area (Å²) >= 11 is 1.92. The zero-order chi connectivity index (χ0) is 15.4. The minimum Gasteiger partial charge on any atom is -0.424 e. The molecule has 6 heteroatoms. The van der Waals surface area contributed by atoms with Gasteiger partial charge in [-0.3, -0.25) is 9.80 Å². The van der Waals surface area contributed by atoms with Crippen molar-refractivity contribution in [2.45, 2.75) is 45.8 Å². The highest BCUT2D eigenvalue weighted by molar-refractivity contribution is 7.11. The number of rotatable bonds is 6. The van der Waals surface area contributed by atoms with Gasteiger partial charge in [-0.05, 0) is 45.1 Å². The van der Waals surface area contributed by atoms with E-state index >= 15 is 0 Å². The monoisotopic (exact) mass is 320 g/mol. The number of aryl methyl sites for hydroxylation is 1. The second kappa shape index (κ2) is 7.35. The molecule has 0 amide bonds. The maximum atomic E-state index is 5.43. The van der Waals surface area contributed by atoms with E-state index in [0.29, 0.717) is 18.3 Å². The summed E-state index contributed by atoms with van der Waals surface area (Å²) in [5.74, 6) is 1.31. The summed E-state index contributed by atoms with van der Waals surface area (Å²) in [5, 5.41) is 7.92. The second-order valence-corrected chi connectivity index (χ2v) is 7.34. The van der Waals surface area contributed by atoms with Gasteiger partial charge in [-0.1, -0.05) is 6.42 Å². The molecular formula is C16H24N4OS. The van der Waals surface area contributed by atoms with Gasteiger partial charge in [0.05, 0.1) is 6.54 Å². The van der Waals surface area contributed by atoms with Gasteiger partial charge in [0.15, 0.2) is 0 Å². The Balaban J connectivity index is 1.50. The van der Waals surface area contributed by atoms with Crippen molar-refractivity contribution in [3.05, 3.63) is 33.7 Å². The number of likely N-dealkylation sites (tertiary alicyclic amines) is 1. The summed E-state index contributed by atoms with van der Waals surface area (Å²) in [6, 6.07) is 4.53. The van der Waals surface area contributed by atoms with E-state index in [1.165, 1.54) is 42.1 Å². The molecule has 0 aromatic carbocycles. The van der Waals surface area contributed by atoms with Gasteiger partial charge >= 0.3 is 0 Å². The zero-order valence-electron chi connectivity index (χ0n) is 13.4. The van der Waals surface area contributed by atoms with Crippen molar-refractivity contribution in [3.8, 4) is 0 Å². The number of piperidine rings is 1. The Kier molecular flexibility index (Phi) is 5.23. The third-order valence-corrected chi connectivity index (χ3v) is 5.00. The Morgan fingerprint density at radius 2 is 1.91 bits per heavy atom. The molecule has 1 aliphatic rings. The number of hydrogen-bond donors (Lipinski definition) is 0. The summed E-state index contributed by atoms with van der Waals surface area (Å²) in [7, 11) is 2.09. The summed E-state index contributed by atoms with van der Waals surface area (Å²) in [6.07, 6.45) is 4.10. The van der Waals surface area contributed by atoms with Crippen LogP contribution in [0.4, 0.5) is 0 Å². The Morgan fingerprint density at radius 3 is 2.64 bits per heavy atom. The minimum absolute atomic E-state index is 0.628. The molecule has 0 unspecified atom stereocenters. The molecule has 2 aromatic rings. The van der Waals surface area contributed by atoms with Crippen LogP contribution in [0.5, 0.6) is 0 Å². The van der Waals surface area contributed by atoms with Crippen molar-refractivity contribution in [1.82, 2.24) is 20.0 Å². The van der Waals surface area contributed by atoms with Crippen molar-refractivity contribution in [2.75, 3.05) is 20.1 Å². The average Bonchev–Trinajstić information content (AvgIpc) is 3.09. The van der Waals surface area contributed by atoms with Gasteiger partial charge in [-0.25, -0.2) is 0 Å². The van der Waals surface area contributed by atoms with E-state index in [4.69, 9.17) is 4.42 Å². The molecule has 22 heavy (non-hydrogen) atoms. The smallest absolute Gasteiger partial charge is 0.230 e. The van der Waals surface area contributed by atoms with E-state index in [1.807, 2.05) is 18.3 Å². The van der Waals surface area contributed by atoms with Crippen LogP contribution in [0, 0.1) is 6.92 Å². The summed E-state index contributed by atoms with van der Waals surface area (Å²) in [6.45, 7) is 7.06. The SMILES string of the molecule is Cc1nnc(CN(C)Cc2ccc(CN3CCCCC3)s2)o1. The molecule has 3 rings (SSSR count). The lowest BCUT2D eigenvalue weighted by Gasteiger charge is -2.25. The van der Waals surface area contributed by atoms with Crippen LogP contribution in [-0.2, 0) is 19.6 Å². The van der Waals surface area contributed by atoms with Crippen molar-refractivity contribution in [2.24, 2.45) is 0 Å². The number of nitrogens with zero attached hydrogens (tertiary/aromatic N) is 4. The second-order valence-electron chi connectivity index (χ2n) is 6.09. The molecule has 0 spiro atoms. The molecule has 0 aliphatic carbocycles. The molecule has 3 heterocycles. The standard InChI is InChI=1S/C16H24N4OS/c1-13-17-18-16(21-13)12-19(2)10-14-6-7-15(22-14)11-20-8-4-3-5-9-20/h6-7H,3-5,8-12H2,1-2H3. The van der Waals surface area contributed by atoms with E-state index in [0.717, 1.165) is 13.1 Å². The molecule has 5 nitrogen and oxygen atoms in total. The molecule has 0 atom stereocenters. The third kappa shape index (κ3) is 4.38. The highest BCUT2D eigenvalue weighted by atomic mass is 32.1. The highest BCUT2D eigenvalue weighted by Crippen LogP contribution is 2.21. The first-order chi connectivity index (χ1) is 10.7. The Bertz CT molecular complexity index is 588. The first-order valence-electron chi connectivity index (χ1n) is 7.96. The van der Waals surface area contributed by atoms with Crippen LogP contribution >= 0.6 is 11.3 Å². The highest BCUT2D eigenvalue weighted by Gasteiger charge is 2.13. The molecule has 0 saturated carbocycles. The summed E-state index contributed by atoms with van der Waals surface area (Å²) < 4.78 is 5.43. The van der Waals surface area contributed by atoms with Gasteiger partial charge in [0, 0.05) is 29.8 Å². The fourth-order valence-electron chi connectivity index (χ4n) is 2.88. The van der Waals surface area contributed by atoms with E-state index in [2.05, 4.69) is 39.2 Å². The Morgan fingerprint density at radius 1 is 1.14 bits per heavy atom. The summed E-state index contributed by atoms with van der Waals surface area (Å²) in [4.78, 5) is 7.65. The van der Waals surface area contributed by atoms with Crippen LogP contribution in [0.2, 0.25) is 0 Å². The van der Waals surface area contributed by atoms with E-state index < -0.39 is 0 Å². The number of hydrogen-bond acceptors (Lipinski definition) is 6. The van der Waals surface area contributed by atoms with Crippen LogP contribution in [0.25, 0.3) is 0 Å². The van der Waals surface area contributed by atoms with E-state index in [-0.39, 0.29) is 0 Å². The molecule has 1 aliphatic heterocycles. The average molecular weight is 320 g/mol. The van der Waals surface area contributed by atoms with Crippen molar-refractivity contribution < 1.29 is 4.42 Å². The van der Waals surface area contributed by atoms with Crippen LogP contribution in [0.3, 0.4) is 0 Å².